The summed E-state index contributed by atoms with van der Waals surface area (Å²) in [5.41, 5.74) is 1.06. The lowest BCUT2D eigenvalue weighted by atomic mass is 10.2. The first-order valence-electron chi connectivity index (χ1n) is 7.56. The first-order chi connectivity index (χ1) is 12.5. The summed E-state index contributed by atoms with van der Waals surface area (Å²) in [6.45, 7) is 1.62. The average molecular weight is 369 g/mol. The standard InChI is InChI=1S/C19H13ClN2O4/c1-11-16(22-18(25-11)13-6-4-3-5-7-13)19(23)26-17-14(20)8-12(10-21)9-15(17)24-2/h3-9H,1-2H3. The van der Waals surface area contributed by atoms with E-state index in [9.17, 15) is 4.79 Å². The van der Waals surface area contributed by atoms with Gasteiger partial charge < -0.3 is 13.9 Å². The molecule has 0 bridgehead atoms. The highest BCUT2D eigenvalue weighted by molar-refractivity contribution is 6.32. The number of rotatable bonds is 4. The van der Waals surface area contributed by atoms with Gasteiger partial charge in [-0.05, 0) is 25.1 Å². The van der Waals surface area contributed by atoms with E-state index in [-0.39, 0.29) is 27.8 Å². The van der Waals surface area contributed by atoms with Crippen LogP contribution in [0, 0.1) is 18.3 Å². The molecule has 2 aromatic carbocycles. The first-order valence-corrected chi connectivity index (χ1v) is 7.94. The van der Waals surface area contributed by atoms with Crippen LogP contribution in [0.3, 0.4) is 0 Å². The molecule has 1 heterocycles. The average Bonchev–Trinajstić information content (AvgIpc) is 3.05. The van der Waals surface area contributed by atoms with E-state index in [2.05, 4.69) is 4.98 Å². The zero-order valence-electron chi connectivity index (χ0n) is 13.9. The topological polar surface area (TPSA) is 85.4 Å². The summed E-state index contributed by atoms with van der Waals surface area (Å²) >= 11 is 6.11. The maximum absolute atomic E-state index is 12.5. The fourth-order valence-electron chi connectivity index (χ4n) is 2.31. The molecule has 0 unspecified atom stereocenters. The van der Waals surface area contributed by atoms with Crippen molar-refractivity contribution in [1.29, 1.82) is 5.26 Å². The Hall–Kier alpha value is -3.30. The Bertz CT molecular complexity index is 1010. The SMILES string of the molecule is COc1cc(C#N)cc(Cl)c1OC(=O)c1nc(-c2ccccc2)oc1C. The highest BCUT2D eigenvalue weighted by Crippen LogP contribution is 2.37. The quantitative estimate of drug-likeness (QED) is 0.501. The van der Waals surface area contributed by atoms with Crippen LogP contribution in [0.1, 0.15) is 21.8 Å². The van der Waals surface area contributed by atoms with Gasteiger partial charge in [0.05, 0.1) is 23.8 Å². The number of nitrogens with zero attached hydrogens (tertiary/aromatic N) is 2. The summed E-state index contributed by atoms with van der Waals surface area (Å²) in [5, 5.41) is 9.07. The largest absolute Gasteiger partial charge is 0.493 e. The van der Waals surface area contributed by atoms with E-state index >= 15 is 0 Å². The highest BCUT2D eigenvalue weighted by Gasteiger charge is 2.23. The zero-order chi connectivity index (χ0) is 18.7. The second-order valence-electron chi connectivity index (χ2n) is 5.28. The minimum Gasteiger partial charge on any atom is -0.493 e. The minimum absolute atomic E-state index is 0.0156. The maximum Gasteiger partial charge on any atom is 0.366 e. The smallest absolute Gasteiger partial charge is 0.366 e. The molecule has 0 atom stereocenters. The van der Waals surface area contributed by atoms with E-state index in [0.717, 1.165) is 5.56 Å². The monoisotopic (exact) mass is 368 g/mol. The molecular weight excluding hydrogens is 356 g/mol. The lowest BCUT2D eigenvalue weighted by Gasteiger charge is -2.10. The van der Waals surface area contributed by atoms with E-state index in [4.69, 9.17) is 30.8 Å². The van der Waals surface area contributed by atoms with Crippen molar-refractivity contribution >= 4 is 17.6 Å². The molecule has 0 radical (unpaired) electrons. The summed E-state index contributed by atoms with van der Waals surface area (Å²) in [6.07, 6.45) is 0. The number of carbonyl (C=O) groups is 1. The van der Waals surface area contributed by atoms with Crippen molar-refractivity contribution in [2.24, 2.45) is 0 Å². The fraction of sp³-hybridized carbons (Fsp3) is 0.105. The number of carbonyl (C=O) groups excluding carboxylic acids is 1. The lowest BCUT2D eigenvalue weighted by Crippen LogP contribution is -2.11. The number of nitriles is 1. The molecule has 130 valence electrons. The van der Waals surface area contributed by atoms with Crippen molar-refractivity contribution in [1.82, 2.24) is 4.98 Å². The van der Waals surface area contributed by atoms with Crippen LogP contribution in [-0.4, -0.2) is 18.1 Å². The first kappa shape index (κ1) is 17.5. The Kier molecular flexibility index (Phi) is 4.92. The predicted octanol–water partition coefficient (Wildman–Crippen LogP) is 4.40. The number of halogens is 1. The molecule has 0 saturated heterocycles. The Morgan fingerprint density at radius 1 is 1.27 bits per heavy atom. The van der Waals surface area contributed by atoms with Gasteiger partial charge in [-0.15, -0.1) is 0 Å². The van der Waals surface area contributed by atoms with Crippen LogP contribution in [-0.2, 0) is 0 Å². The number of aryl methyl sites for hydroxylation is 1. The van der Waals surface area contributed by atoms with Crippen molar-refractivity contribution in [3.05, 3.63) is 64.5 Å². The van der Waals surface area contributed by atoms with Crippen molar-refractivity contribution in [3.63, 3.8) is 0 Å². The van der Waals surface area contributed by atoms with Crippen molar-refractivity contribution in [2.75, 3.05) is 7.11 Å². The third kappa shape index (κ3) is 3.39. The molecule has 26 heavy (non-hydrogen) atoms. The summed E-state index contributed by atoms with van der Waals surface area (Å²) in [4.78, 5) is 16.7. The second-order valence-corrected chi connectivity index (χ2v) is 5.69. The molecule has 0 saturated carbocycles. The number of methoxy groups -OCH3 is 1. The van der Waals surface area contributed by atoms with Crippen LogP contribution < -0.4 is 9.47 Å². The van der Waals surface area contributed by atoms with E-state index < -0.39 is 5.97 Å². The maximum atomic E-state index is 12.5. The van der Waals surface area contributed by atoms with Gasteiger partial charge in [-0.2, -0.15) is 5.26 Å². The summed E-state index contributed by atoms with van der Waals surface area (Å²) in [5.74, 6) is 0.0810. The van der Waals surface area contributed by atoms with Gasteiger partial charge in [0.1, 0.15) is 5.76 Å². The number of hydrogen-bond acceptors (Lipinski definition) is 6. The molecule has 0 amide bonds. The van der Waals surface area contributed by atoms with Gasteiger partial charge in [-0.3, -0.25) is 0 Å². The lowest BCUT2D eigenvalue weighted by molar-refractivity contribution is 0.0722. The van der Waals surface area contributed by atoms with Crippen LogP contribution >= 0.6 is 11.6 Å². The van der Waals surface area contributed by atoms with Gasteiger partial charge >= 0.3 is 5.97 Å². The molecule has 0 aliphatic rings. The van der Waals surface area contributed by atoms with Gasteiger partial charge in [0.25, 0.3) is 0 Å². The zero-order valence-corrected chi connectivity index (χ0v) is 14.7. The van der Waals surface area contributed by atoms with Crippen LogP contribution in [0.25, 0.3) is 11.5 Å². The number of hydrogen-bond donors (Lipinski definition) is 0. The van der Waals surface area contributed by atoms with E-state index in [1.54, 1.807) is 6.92 Å². The number of ether oxygens (including phenoxy) is 2. The van der Waals surface area contributed by atoms with Crippen molar-refractivity contribution in [2.45, 2.75) is 6.92 Å². The van der Waals surface area contributed by atoms with Crippen LogP contribution in [0.4, 0.5) is 0 Å². The van der Waals surface area contributed by atoms with Crippen LogP contribution in [0.2, 0.25) is 5.02 Å². The number of benzene rings is 2. The number of aromatic nitrogens is 1. The third-order valence-electron chi connectivity index (χ3n) is 3.56. The molecule has 3 rings (SSSR count). The Morgan fingerprint density at radius 3 is 2.65 bits per heavy atom. The molecule has 0 aliphatic carbocycles. The molecule has 1 aromatic heterocycles. The van der Waals surface area contributed by atoms with Gasteiger partial charge in [-0.25, -0.2) is 9.78 Å². The Morgan fingerprint density at radius 2 is 2.00 bits per heavy atom. The predicted molar refractivity (Wildman–Crippen MR) is 94.4 cm³/mol. The van der Waals surface area contributed by atoms with E-state index in [1.165, 1.54) is 19.2 Å². The van der Waals surface area contributed by atoms with Gasteiger partial charge in [0.2, 0.25) is 5.89 Å². The molecule has 0 spiro atoms. The minimum atomic E-state index is -0.738. The molecule has 6 nitrogen and oxygen atoms in total. The molecule has 7 heteroatoms. The molecule has 0 N–H and O–H groups in total. The van der Waals surface area contributed by atoms with Crippen LogP contribution in [0.15, 0.2) is 46.9 Å². The summed E-state index contributed by atoms with van der Waals surface area (Å²) < 4.78 is 16.1. The van der Waals surface area contributed by atoms with Crippen molar-refractivity contribution in [3.8, 4) is 29.0 Å². The fourth-order valence-corrected chi connectivity index (χ4v) is 2.56. The summed E-state index contributed by atoms with van der Waals surface area (Å²) in [7, 11) is 1.39. The van der Waals surface area contributed by atoms with Gasteiger partial charge in [0, 0.05) is 11.6 Å². The number of esters is 1. The van der Waals surface area contributed by atoms with Gasteiger partial charge in [0.15, 0.2) is 17.2 Å². The number of oxazole rings is 1. The highest BCUT2D eigenvalue weighted by atomic mass is 35.5. The Labute approximate surface area is 154 Å². The molecule has 3 aromatic rings. The second kappa shape index (κ2) is 7.30. The molecule has 0 fully saturated rings. The van der Waals surface area contributed by atoms with Gasteiger partial charge in [-0.1, -0.05) is 29.8 Å². The van der Waals surface area contributed by atoms with Crippen LogP contribution in [0.5, 0.6) is 11.5 Å². The molecular formula is C19H13ClN2O4. The van der Waals surface area contributed by atoms with E-state index in [1.807, 2.05) is 36.4 Å². The Balaban J connectivity index is 1.93. The molecule has 0 aliphatic heterocycles. The van der Waals surface area contributed by atoms with E-state index in [0.29, 0.717) is 11.7 Å². The van der Waals surface area contributed by atoms with Crippen molar-refractivity contribution < 1.29 is 18.7 Å². The summed E-state index contributed by atoms with van der Waals surface area (Å²) in [6, 6.07) is 14.0. The normalized spacial score (nSPS) is 10.2. The third-order valence-corrected chi connectivity index (χ3v) is 3.84.